The van der Waals surface area contributed by atoms with Gasteiger partial charge in [-0.15, -0.1) is 0 Å². The monoisotopic (exact) mass is 140 g/mol. The van der Waals surface area contributed by atoms with Gasteiger partial charge in [-0.3, -0.25) is 0 Å². The van der Waals surface area contributed by atoms with Crippen LogP contribution in [0.15, 0.2) is 0 Å². The fraction of sp³-hybridized carbons (Fsp3) is 0.400. The molecule has 0 fully saturated rings. The van der Waals surface area contributed by atoms with Crippen molar-refractivity contribution < 1.29 is 9.90 Å². The van der Waals surface area contributed by atoms with Crippen molar-refractivity contribution in [1.82, 2.24) is 14.8 Å². The van der Waals surface area contributed by atoms with Crippen LogP contribution in [0.2, 0.25) is 0 Å². The van der Waals surface area contributed by atoms with Gasteiger partial charge in [0, 0.05) is 7.05 Å². The fourth-order valence-electron chi connectivity index (χ4n) is 0.690. The van der Waals surface area contributed by atoms with Crippen LogP contribution in [0.25, 0.3) is 0 Å². The third-order valence-corrected chi connectivity index (χ3v) is 1.05. The molecule has 0 atom stereocenters. The molecule has 5 nitrogen and oxygen atoms in total. The molecule has 0 spiro atoms. The van der Waals surface area contributed by atoms with Gasteiger partial charge in [0.2, 0.25) is 0 Å². The molecule has 1 aromatic rings. The van der Waals surface area contributed by atoms with Gasteiger partial charge in [-0.2, -0.15) is 5.10 Å². The number of hydrogen-bond donors (Lipinski definition) is 0. The Bertz CT molecular complexity index is 266. The van der Waals surface area contributed by atoms with E-state index >= 15 is 0 Å². The molecule has 0 saturated carbocycles. The van der Waals surface area contributed by atoms with Gasteiger partial charge in [-0.25, -0.2) is 9.67 Å². The first-order valence-corrected chi connectivity index (χ1v) is 2.70. The summed E-state index contributed by atoms with van der Waals surface area (Å²) in [5.41, 5.74) is 0. The fourth-order valence-corrected chi connectivity index (χ4v) is 0.690. The number of aromatic nitrogens is 3. The molecule has 0 bridgehead atoms. The molecular formula is C5H6N3O2-. The summed E-state index contributed by atoms with van der Waals surface area (Å²) >= 11 is 0. The van der Waals surface area contributed by atoms with E-state index in [1.165, 1.54) is 11.7 Å². The van der Waals surface area contributed by atoms with Crippen LogP contribution in [-0.4, -0.2) is 20.7 Å². The quantitative estimate of drug-likeness (QED) is 0.475. The van der Waals surface area contributed by atoms with Gasteiger partial charge in [0.05, 0.1) is 0 Å². The van der Waals surface area contributed by atoms with Crippen molar-refractivity contribution in [1.29, 1.82) is 0 Å². The molecule has 0 radical (unpaired) electrons. The molecule has 0 N–H and O–H groups in total. The first-order valence-electron chi connectivity index (χ1n) is 2.70. The van der Waals surface area contributed by atoms with Gasteiger partial charge >= 0.3 is 0 Å². The van der Waals surface area contributed by atoms with Crippen molar-refractivity contribution in [2.24, 2.45) is 7.05 Å². The molecule has 0 aliphatic carbocycles. The average Bonchev–Trinajstić information content (AvgIpc) is 2.10. The van der Waals surface area contributed by atoms with E-state index in [1.807, 2.05) is 0 Å². The largest absolute Gasteiger partial charge is 0.542 e. The topological polar surface area (TPSA) is 70.8 Å². The van der Waals surface area contributed by atoms with Gasteiger partial charge < -0.3 is 9.90 Å². The maximum Gasteiger partial charge on any atom is 0.173 e. The molecule has 1 rings (SSSR count). The highest BCUT2D eigenvalue weighted by atomic mass is 16.4. The lowest BCUT2D eigenvalue weighted by Crippen LogP contribution is -2.26. The van der Waals surface area contributed by atoms with Gasteiger partial charge in [0.1, 0.15) is 11.8 Å². The molecule has 0 saturated heterocycles. The minimum Gasteiger partial charge on any atom is -0.542 e. The van der Waals surface area contributed by atoms with E-state index in [0.717, 1.165) is 0 Å². The predicted octanol–water partition coefficient (Wildman–Crippen LogP) is -1.51. The van der Waals surface area contributed by atoms with E-state index in [4.69, 9.17) is 0 Å². The Morgan fingerprint density at radius 1 is 1.70 bits per heavy atom. The summed E-state index contributed by atoms with van der Waals surface area (Å²) in [5, 5.41) is 13.9. The molecule has 0 aliphatic heterocycles. The number of carbonyl (C=O) groups is 1. The number of nitrogens with zero attached hydrogens (tertiary/aromatic N) is 3. The molecule has 0 amide bonds. The summed E-state index contributed by atoms with van der Waals surface area (Å²) in [6.07, 6.45) is 0. The van der Waals surface area contributed by atoms with Crippen molar-refractivity contribution >= 4 is 5.97 Å². The number of carboxylic acid groups (broad SMARTS) is 1. The first-order chi connectivity index (χ1) is 4.61. The molecule has 1 heterocycles. The zero-order valence-corrected chi connectivity index (χ0v) is 5.66. The Morgan fingerprint density at radius 2 is 2.30 bits per heavy atom. The maximum atomic E-state index is 10.2. The molecule has 0 aromatic carbocycles. The summed E-state index contributed by atoms with van der Waals surface area (Å²) in [5.74, 6) is -1.01. The van der Waals surface area contributed by atoms with E-state index in [-0.39, 0.29) is 5.82 Å². The van der Waals surface area contributed by atoms with E-state index < -0.39 is 5.97 Å². The molecular weight excluding hydrogens is 134 g/mol. The Balaban J connectivity index is 3.15. The predicted molar refractivity (Wildman–Crippen MR) is 30.1 cm³/mol. The van der Waals surface area contributed by atoms with Crippen molar-refractivity contribution in [3.8, 4) is 0 Å². The lowest BCUT2D eigenvalue weighted by Gasteiger charge is -1.97. The Kier molecular flexibility index (Phi) is 1.41. The second-order valence-corrected chi connectivity index (χ2v) is 1.89. The zero-order chi connectivity index (χ0) is 7.72. The minimum absolute atomic E-state index is 0.141. The third-order valence-electron chi connectivity index (χ3n) is 1.05. The Labute approximate surface area is 57.3 Å². The number of rotatable bonds is 1. The molecule has 0 aliphatic rings. The van der Waals surface area contributed by atoms with Gasteiger partial charge in [-0.05, 0) is 6.92 Å². The van der Waals surface area contributed by atoms with Crippen LogP contribution in [0.5, 0.6) is 0 Å². The van der Waals surface area contributed by atoms with Crippen LogP contribution in [0, 0.1) is 6.92 Å². The number of aryl methyl sites for hydroxylation is 2. The molecule has 0 unspecified atom stereocenters. The van der Waals surface area contributed by atoms with Gasteiger partial charge in [0.15, 0.2) is 5.82 Å². The molecule has 1 aromatic heterocycles. The van der Waals surface area contributed by atoms with Crippen molar-refractivity contribution in [3.63, 3.8) is 0 Å². The van der Waals surface area contributed by atoms with Gasteiger partial charge in [0.25, 0.3) is 0 Å². The summed E-state index contributed by atoms with van der Waals surface area (Å²) in [4.78, 5) is 13.8. The van der Waals surface area contributed by atoms with Crippen molar-refractivity contribution in [2.75, 3.05) is 0 Å². The highest BCUT2D eigenvalue weighted by Gasteiger charge is 2.02. The summed E-state index contributed by atoms with van der Waals surface area (Å²) in [6, 6.07) is 0. The number of hydrogen-bond acceptors (Lipinski definition) is 4. The van der Waals surface area contributed by atoms with E-state index in [9.17, 15) is 9.90 Å². The molecule has 5 heteroatoms. The lowest BCUT2D eigenvalue weighted by atomic mass is 10.6. The smallest absolute Gasteiger partial charge is 0.173 e. The zero-order valence-electron chi connectivity index (χ0n) is 5.66. The second-order valence-electron chi connectivity index (χ2n) is 1.89. The normalized spacial score (nSPS) is 9.80. The van der Waals surface area contributed by atoms with Crippen molar-refractivity contribution in [2.45, 2.75) is 6.92 Å². The highest BCUT2D eigenvalue weighted by Crippen LogP contribution is 1.91. The lowest BCUT2D eigenvalue weighted by molar-refractivity contribution is -0.256. The van der Waals surface area contributed by atoms with E-state index in [1.54, 1.807) is 6.92 Å². The molecule has 10 heavy (non-hydrogen) atoms. The van der Waals surface area contributed by atoms with Crippen LogP contribution in [0.3, 0.4) is 0 Å². The van der Waals surface area contributed by atoms with Crippen LogP contribution >= 0.6 is 0 Å². The van der Waals surface area contributed by atoms with Crippen molar-refractivity contribution in [3.05, 3.63) is 11.6 Å². The SMILES string of the molecule is Cc1nc(C(=O)[O-])n(C)n1. The minimum atomic E-state index is -1.30. The average molecular weight is 140 g/mol. The van der Waals surface area contributed by atoms with Crippen LogP contribution in [-0.2, 0) is 7.05 Å². The highest BCUT2D eigenvalue weighted by molar-refractivity contribution is 5.81. The molecule has 54 valence electrons. The second kappa shape index (κ2) is 2.09. The number of carboxylic acids is 1. The van der Waals surface area contributed by atoms with Crippen LogP contribution in [0.1, 0.15) is 16.4 Å². The van der Waals surface area contributed by atoms with Gasteiger partial charge in [-0.1, -0.05) is 0 Å². The number of carbonyl (C=O) groups excluding carboxylic acids is 1. The van der Waals surface area contributed by atoms with Crippen LogP contribution in [0.4, 0.5) is 0 Å². The third kappa shape index (κ3) is 0.975. The summed E-state index contributed by atoms with van der Waals surface area (Å²) < 4.78 is 1.17. The van der Waals surface area contributed by atoms with Crippen LogP contribution < -0.4 is 5.11 Å². The standard InChI is InChI=1S/C5H7N3O2/c1-3-6-4(5(9)10)8(2)7-3/h1-2H3,(H,9,10)/p-1. The summed E-state index contributed by atoms with van der Waals surface area (Å²) in [6.45, 7) is 1.62. The van der Waals surface area contributed by atoms with E-state index in [0.29, 0.717) is 5.82 Å². The first kappa shape index (κ1) is 6.73. The Hall–Kier alpha value is -1.39. The Morgan fingerprint density at radius 3 is 2.50 bits per heavy atom. The number of aromatic carboxylic acids is 1. The summed E-state index contributed by atoms with van der Waals surface area (Å²) in [7, 11) is 1.51. The maximum absolute atomic E-state index is 10.2. The van der Waals surface area contributed by atoms with E-state index in [2.05, 4.69) is 10.1 Å².